The van der Waals surface area contributed by atoms with Crippen LogP contribution >= 0.6 is 0 Å². The minimum absolute atomic E-state index is 0.686. The second-order valence-corrected chi connectivity index (χ2v) is 5.09. The molecule has 82 valence electrons. The van der Waals surface area contributed by atoms with Crippen LogP contribution in [-0.4, -0.2) is 25.3 Å². The van der Waals surface area contributed by atoms with Gasteiger partial charge in [0, 0.05) is 18.7 Å². The minimum atomic E-state index is 0.686. The Balaban J connectivity index is 1.76. The van der Waals surface area contributed by atoms with Gasteiger partial charge in [-0.15, -0.1) is 0 Å². The zero-order valence-corrected chi connectivity index (χ0v) is 9.46. The fourth-order valence-corrected chi connectivity index (χ4v) is 2.54. The third kappa shape index (κ3) is 2.29. The second kappa shape index (κ2) is 4.63. The van der Waals surface area contributed by atoms with Gasteiger partial charge in [0.25, 0.3) is 0 Å². The van der Waals surface area contributed by atoms with E-state index < -0.39 is 0 Å². The van der Waals surface area contributed by atoms with Crippen molar-refractivity contribution in [2.75, 3.05) is 13.2 Å². The second-order valence-electron chi connectivity index (χ2n) is 5.09. The van der Waals surface area contributed by atoms with E-state index in [4.69, 9.17) is 4.74 Å². The van der Waals surface area contributed by atoms with Crippen LogP contribution in [0.2, 0.25) is 0 Å². The summed E-state index contributed by atoms with van der Waals surface area (Å²) in [5.41, 5.74) is 0. The summed E-state index contributed by atoms with van der Waals surface area (Å²) in [4.78, 5) is 0. The van der Waals surface area contributed by atoms with Crippen molar-refractivity contribution in [1.29, 1.82) is 0 Å². The molecule has 1 saturated carbocycles. The van der Waals surface area contributed by atoms with Crippen molar-refractivity contribution in [3.05, 3.63) is 0 Å². The van der Waals surface area contributed by atoms with Crippen molar-refractivity contribution in [1.82, 2.24) is 5.32 Å². The molecule has 0 spiro atoms. The molecule has 1 N–H and O–H groups in total. The summed E-state index contributed by atoms with van der Waals surface area (Å²) in [6, 6.07) is 1.41. The van der Waals surface area contributed by atoms with Crippen molar-refractivity contribution >= 4 is 0 Å². The molecular formula is C12H23NO. The van der Waals surface area contributed by atoms with Gasteiger partial charge in [-0.25, -0.2) is 0 Å². The summed E-state index contributed by atoms with van der Waals surface area (Å²) in [6.45, 7) is 6.53. The van der Waals surface area contributed by atoms with Crippen LogP contribution in [0.25, 0.3) is 0 Å². The summed E-state index contributed by atoms with van der Waals surface area (Å²) in [7, 11) is 0. The van der Waals surface area contributed by atoms with Crippen LogP contribution in [0.4, 0.5) is 0 Å². The Morgan fingerprint density at radius 3 is 2.64 bits per heavy atom. The Morgan fingerprint density at radius 2 is 2.07 bits per heavy atom. The SMILES string of the molecule is CC1COCCC1N[C@H](C)C1CCC1. The van der Waals surface area contributed by atoms with Crippen LogP contribution < -0.4 is 5.32 Å². The molecule has 1 aliphatic carbocycles. The fourth-order valence-electron chi connectivity index (χ4n) is 2.54. The monoisotopic (exact) mass is 197 g/mol. The quantitative estimate of drug-likeness (QED) is 0.749. The normalized spacial score (nSPS) is 36.4. The van der Waals surface area contributed by atoms with E-state index in [0.29, 0.717) is 18.0 Å². The van der Waals surface area contributed by atoms with E-state index in [1.165, 1.54) is 25.7 Å². The van der Waals surface area contributed by atoms with Gasteiger partial charge in [-0.2, -0.15) is 0 Å². The molecule has 0 radical (unpaired) electrons. The van der Waals surface area contributed by atoms with Gasteiger partial charge in [-0.1, -0.05) is 13.3 Å². The smallest absolute Gasteiger partial charge is 0.0506 e. The molecule has 2 rings (SSSR count). The Labute approximate surface area is 87.4 Å². The van der Waals surface area contributed by atoms with Crippen molar-refractivity contribution in [2.45, 2.75) is 51.6 Å². The number of nitrogens with one attached hydrogen (secondary N) is 1. The Morgan fingerprint density at radius 1 is 1.29 bits per heavy atom. The lowest BCUT2D eigenvalue weighted by Gasteiger charge is -2.38. The van der Waals surface area contributed by atoms with Crippen LogP contribution in [0.3, 0.4) is 0 Å². The summed E-state index contributed by atoms with van der Waals surface area (Å²) in [6.07, 6.45) is 5.51. The van der Waals surface area contributed by atoms with E-state index in [1.807, 2.05) is 0 Å². The summed E-state index contributed by atoms with van der Waals surface area (Å²) < 4.78 is 5.45. The zero-order valence-electron chi connectivity index (χ0n) is 9.46. The first kappa shape index (κ1) is 10.4. The molecule has 0 aromatic rings. The molecule has 2 unspecified atom stereocenters. The highest BCUT2D eigenvalue weighted by Crippen LogP contribution is 2.30. The summed E-state index contributed by atoms with van der Waals surface area (Å²) in [5, 5.41) is 3.79. The van der Waals surface area contributed by atoms with Crippen LogP contribution in [0.5, 0.6) is 0 Å². The predicted molar refractivity (Wildman–Crippen MR) is 58.3 cm³/mol. The van der Waals surface area contributed by atoms with Gasteiger partial charge in [0.05, 0.1) is 6.61 Å². The van der Waals surface area contributed by atoms with E-state index in [-0.39, 0.29) is 0 Å². The average molecular weight is 197 g/mol. The van der Waals surface area contributed by atoms with Gasteiger partial charge in [-0.3, -0.25) is 0 Å². The molecule has 0 bridgehead atoms. The summed E-state index contributed by atoms with van der Waals surface area (Å²) in [5.74, 6) is 1.64. The maximum absolute atomic E-state index is 5.45. The maximum atomic E-state index is 5.45. The largest absolute Gasteiger partial charge is 0.381 e. The predicted octanol–water partition coefficient (Wildman–Crippen LogP) is 2.19. The number of hydrogen-bond acceptors (Lipinski definition) is 2. The van der Waals surface area contributed by atoms with Crippen LogP contribution in [0.15, 0.2) is 0 Å². The van der Waals surface area contributed by atoms with Gasteiger partial charge in [0.15, 0.2) is 0 Å². The lowest BCUT2D eigenvalue weighted by Crippen LogP contribution is -2.48. The van der Waals surface area contributed by atoms with Crippen molar-refractivity contribution in [3.8, 4) is 0 Å². The van der Waals surface area contributed by atoms with Gasteiger partial charge in [0.2, 0.25) is 0 Å². The Kier molecular flexibility index (Phi) is 3.45. The zero-order chi connectivity index (χ0) is 9.97. The van der Waals surface area contributed by atoms with Crippen LogP contribution in [0, 0.1) is 11.8 Å². The standard InChI is InChI=1S/C12H23NO/c1-9-8-14-7-6-12(9)13-10(2)11-4-3-5-11/h9-13H,3-8H2,1-2H3/t9?,10-,12?/m1/s1. The van der Waals surface area contributed by atoms with Crippen LogP contribution in [0.1, 0.15) is 39.5 Å². The van der Waals surface area contributed by atoms with E-state index in [0.717, 1.165) is 19.1 Å². The highest BCUT2D eigenvalue weighted by atomic mass is 16.5. The van der Waals surface area contributed by atoms with E-state index in [9.17, 15) is 0 Å². The third-order valence-corrected chi connectivity index (χ3v) is 3.97. The molecule has 2 heteroatoms. The Hall–Kier alpha value is -0.0800. The highest BCUT2D eigenvalue weighted by molar-refractivity contribution is 4.85. The highest BCUT2D eigenvalue weighted by Gasteiger charge is 2.28. The molecule has 2 fully saturated rings. The van der Waals surface area contributed by atoms with Gasteiger partial charge in [0.1, 0.15) is 0 Å². The lowest BCUT2D eigenvalue weighted by molar-refractivity contribution is 0.0318. The van der Waals surface area contributed by atoms with Gasteiger partial charge >= 0.3 is 0 Å². The molecule has 1 aliphatic heterocycles. The molecule has 2 nitrogen and oxygen atoms in total. The van der Waals surface area contributed by atoms with Gasteiger partial charge < -0.3 is 10.1 Å². The third-order valence-electron chi connectivity index (χ3n) is 3.97. The number of hydrogen-bond donors (Lipinski definition) is 1. The summed E-state index contributed by atoms with van der Waals surface area (Å²) >= 11 is 0. The van der Waals surface area contributed by atoms with Crippen molar-refractivity contribution < 1.29 is 4.74 Å². The van der Waals surface area contributed by atoms with E-state index in [1.54, 1.807) is 0 Å². The first-order valence-electron chi connectivity index (χ1n) is 6.11. The molecule has 0 aromatic heterocycles. The average Bonchev–Trinajstić information content (AvgIpc) is 2.05. The van der Waals surface area contributed by atoms with Crippen LogP contribution in [-0.2, 0) is 4.74 Å². The topological polar surface area (TPSA) is 21.3 Å². The molecule has 1 heterocycles. The van der Waals surface area contributed by atoms with Crippen molar-refractivity contribution in [2.24, 2.45) is 11.8 Å². The fraction of sp³-hybridized carbons (Fsp3) is 1.00. The molecule has 0 amide bonds. The van der Waals surface area contributed by atoms with E-state index >= 15 is 0 Å². The molecule has 2 aliphatic rings. The number of rotatable bonds is 3. The number of ether oxygens (including phenoxy) is 1. The molecule has 3 atom stereocenters. The molecule has 1 saturated heterocycles. The van der Waals surface area contributed by atoms with Gasteiger partial charge in [-0.05, 0) is 38.0 Å². The maximum Gasteiger partial charge on any atom is 0.0506 e. The molecular weight excluding hydrogens is 174 g/mol. The van der Waals surface area contributed by atoms with E-state index in [2.05, 4.69) is 19.2 Å². The molecule has 14 heavy (non-hydrogen) atoms. The van der Waals surface area contributed by atoms with Crippen molar-refractivity contribution in [3.63, 3.8) is 0 Å². The minimum Gasteiger partial charge on any atom is -0.381 e. The first-order valence-corrected chi connectivity index (χ1v) is 6.11. The Bertz CT molecular complexity index is 179. The molecule has 0 aromatic carbocycles. The lowest BCUT2D eigenvalue weighted by atomic mass is 9.79. The first-order chi connectivity index (χ1) is 6.77.